The molecule has 6 heteroatoms. The van der Waals surface area contributed by atoms with E-state index >= 15 is 0 Å². The highest BCUT2D eigenvalue weighted by Crippen LogP contribution is 2.35. The summed E-state index contributed by atoms with van der Waals surface area (Å²) in [6.45, 7) is 0.473. The van der Waals surface area contributed by atoms with Crippen LogP contribution in [0.2, 0.25) is 0 Å². The van der Waals surface area contributed by atoms with Gasteiger partial charge in [0.05, 0.1) is 12.6 Å². The van der Waals surface area contributed by atoms with E-state index in [4.69, 9.17) is 15.2 Å². The zero-order valence-corrected chi connectivity index (χ0v) is 16.1. The van der Waals surface area contributed by atoms with Crippen LogP contribution >= 0.6 is 0 Å². The molecule has 1 saturated carbocycles. The Kier molecular flexibility index (Phi) is 5.58. The summed E-state index contributed by atoms with van der Waals surface area (Å²) in [6.07, 6.45) is 5.79. The van der Waals surface area contributed by atoms with Gasteiger partial charge >= 0.3 is 0 Å². The fraction of sp³-hybridized carbons (Fsp3) is 0.364. The highest BCUT2D eigenvalue weighted by atomic mass is 16.5. The predicted molar refractivity (Wildman–Crippen MR) is 111 cm³/mol. The topological polar surface area (TPSA) is 82.3 Å². The molecular formula is C22H26N4O2. The van der Waals surface area contributed by atoms with Crippen LogP contribution in [-0.4, -0.2) is 29.2 Å². The molecule has 0 saturated heterocycles. The number of hydrogen-bond acceptors (Lipinski definition) is 6. The van der Waals surface area contributed by atoms with Crippen LogP contribution in [0.5, 0.6) is 11.5 Å². The number of nitrogens with one attached hydrogen (secondary N) is 1. The third-order valence-electron chi connectivity index (χ3n) is 5.27. The van der Waals surface area contributed by atoms with E-state index in [1.165, 1.54) is 0 Å². The quantitative estimate of drug-likeness (QED) is 0.677. The van der Waals surface area contributed by atoms with Crippen LogP contribution in [0.25, 0.3) is 10.9 Å². The smallest absolute Gasteiger partial charge is 0.163 e. The molecule has 1 aliphatic rings. The predicted octanol–water partition coefficient (Wildman–Crippen LogP) is 3.90. The van der Waals surface area contributed by atoms with E-state index in [-0.39, 0.29) is 0 Å². The normalized spacial score (nSPS) is 19.4. The molecule has 28 heavy (non-hydrogen) atoms. The average molecular weight is 378 g/mol. The standard InChI is InChI=1S/C22H26N4O2/c1-27-20-11-18-19(12-21(20)28-13-15-5-3-2-4-6-15)24-14-25-22(18)26-17-9-7-16(23)8-10-17/h2-6,11-12,14,16-17H,7-10,13,23H2,1H3,(H,24,25,26). The number of nitrogens with two attached hydrogens (primary N) is 1. The van der Waals surface area contributed by atoms with Crippen LogP contribution in [0.15, 0.2) is 48.8 Å². The highest BCUT2D eigenvalue weighted by Gasteiger charge is 2.20. The molecule has 2 aromatic carbocycles. The molecule has 1 heterocycles. The molecule has 6 nitrogen and oxygen atoms in total. The van der Waals surface area contributed by atoms with Gasteiger partial charge in [-0.1, -0.05) is 30.3 Å². The summed E-state index contributed by atoms with van der Waals surface area (Å²) in [7, 11) is 1.65. The van der Waals surface area contributed by atoms with E-state index in [9.17, 15) is 0 Å². The van der Waals surface area contributed by atoms with E-state index < -0.39 is 0 Å². The molecule has 1 aromatic heterocycles. The van der Waals surface area contributed by atoms with Gasteiger partial charge in [-0.3, -0.25) is 0 Å². The summed E-state index contributed by atoms with van der Waals surface area (Å²) in [6, 6.07) is 14.6. The van der Waals surface area contributed by atoms with Gasteiger partial charge in [0.1, 0.15) is 18.8 Å². The first-order chi connectivity index (χ1) is 13.7. The Morgan fingerprint density at radius 2 is 1.82 bits per heavy atom. The monoisotopic (exact) mass is 378 g/mol. The van der Waals surface area contributed by atoms with Crippen LogP contribution in [-0.2, 0) is 6.61 Å². The molecule has 0 atom stereocenters. The van der Waals surface area contributed by atoms with Gasteiger partial charge in [0.2, 0.25) is 0 Å². The Labute approximate surface area is 165 Å². The summed E-state index contributed by atoms with van der Waals surface area (Å²) in [4.78, 5) is 8.90. The van der Waals surface area contributed by atoms with Crippen molar-refractivity contribution in [2.24, 2.45) is 5.73 Å². The van der Waals surface area contributed by atoms with Crippen molar-refractivity contribution >= 4 is 16.7 Å². The molecule has 0 amide bonds. The Morgan fingerprint density at radius 1 is 1.04 bits per heavy atom. The maximum Gasteiger partial charge on any atom is 0.163 e. The molecule has 0 radical (unpaired) electrons. The van der Waals surface area contributed by atoms with Gasteiger partial charge < -0.3 is 20.5 Å². The minimum absolute atomic E-state index is 0.324. The van der Waals surface area contributed by atoms with E-state index in [1.54, 1.807) is 13.4 Å². The second kappa shape index (κ2) is 8.44. The van der Waals surface area contributed by atoms with E-state index in [0.29, 0.717) is 30.2 Å². The molecule has 0 spiro atoms. The lowest BCUT2D eigenvalue weighted by molar-refractivity contribution is 0.285. The largest absolute Gasteiger partial charge is 0.493 e. The first kappa shape index (κ1) is 18.5. The lowest BCUT2D eigenvalue weighted by Crippen LogP contribution is -2.33. The molecule has 0 bridgehead atoms. The van der Waals surface area contributed by atoms with E-state index in [0.717, 1.165) is 48.0 Å². The molecule has 0 aliphatic heterocycles. The van der Waals surface area contributed by atoms with Gasteiger partial charge in [-0.15, -0.1) is 0 Å². The number of benzene rings is 2. The van der Waals surface area contributed by atoms with Gasteiger partial charge in [0.15, 0.2) is 11.5 Å². The molecule has 0 unspecified atom stereocenters. The summed E-state index contributed by atoms with van der Waals surface area (Å²) in [5.41, 5.74) is 7.95. The van der Waals surface area contributed by atoms with Crippen molar-refractivity contribution in [2.45, 2.75) is 44.4 Å². The SMILES string of the molecule is COc1cc2c(NC3CCC(N)CC3)ncnc2cc1OCc1ccccc1. The highest BCUT2D eigenvalue weighted by molar-refractivity contribution is 5.91. The zero-order valence-electron chi connectivity index (χ0n) is 16.1. The maximum absolute atomic E-state index is 6.02. The number of aromatic nitrogens is 2. The zero-order chi connectivity index (χ0) is 19.3. The third kappa shape index (κ3) is 4.17. The second-order valence-corrected chi connectivity index (χ2v) is 7.27. The fourth-order valence-corrected chi connectivity index (χ4v) is 3.64. The number of anilines is 1. The summed E-state index contributed by atoms with van der Waals surface area (Å²) >= 11 is 0. The molecule has 146 valence electrons. The number of nitrogens with zero attached hydrogens (tertiary/aromatic N) is 2. The van der Waals surface area contributed by atoms with Crippen LogP contribution in [0, 0.1) is 0 Å². The van der Waals surface area contributed by atoms with Crippen LogP contribution in [0.1, 0.15) is 31.2 Å². The number of fused-ring (bicyclic) bond motifs is 1. The summed E-state index contributed by atoms with van der Waals surface area (Å²) in [5.74, 6) is 2.18. The van der Waals surface area contributed by atoms with Crippen molar-refractivity contribution < 1.29 is 9.47 Å². The van der Waals surface area contributed by atoms with Gasteiger partial charge in [-0.2, -0.15) is 0 Å². The molecule has 3 N–H and O–H groups in total. The maximum atomic E-state index is 6.02. The molecule has 1 aliphatic carbocycles. The molecule has 4 rings (SSSR count). The Bertz CT molecular complexity index is 924. The van der Waals surface area contributed by atoms with Gasteiger partial charge in [0, 0.05) is 23.5 Å². The first-order valence-electron chi connectivity index (χ1n) is 9.74. The van der Waals surface area contributed by atoms with Crippen molar-refractivity contribution in [1.29, 1.82) is 0 Å². The Hall–Kier alpha value is -2.86. The van der Waals surface area contributed by atoms with Crippen LogP contribution in [0.4, 0.5) is 5.82 Å². The van der Waals surface area contributed by atoms with Crippen molar-refractivity contribution in [3.8, 4) is 11.5 Å². The fourth-order valence-electron chi connectivity index (χ4n) is 3.64. The third-order valence-corrected chi connectivity index (χ3v) is 5.27. The van der Waals surface area contributed by atoms with Crippen molar-refractivity contribution in [2.75, 3.05) is 12.4 Å². The van der Waals surface area contributed by atoms with Crippen molar-refractivity contribution in [1.82, 2.24) is 9.97 Å². The Balaban J connectivity index is 1.57. The van der Waals surface area contributed by atoms with Gasteiger partial charge in [0.25, 0.3) is 0 Å². The Morgan fingerprint density at radius 3 is 2.57 bits per heavy atom. The van der Waals surface area contributed by atoms with Crippen molar-refractivity contribution in [3.63, 3.8) is 0 Å². The van der Waals surface area contributed by atoms with Crippen molar-refractivity contribution in [3.05, 3.63) is 54.4 Å². The summed E-state index contributed by atoms with van der Waals surface area (Å²) in [5, 5.41) is 4.50. The minimum Gasteiger partial charge on any atom is -0.493 e. The minimum atomic E-state index is 0.324. The molecular weight excluding hydrogens is 352 g/mol. The number of hydrogen-bond donors (Lipinski definition) is 2. The first-order valence-corrected chi connectivity index (χ1v) is 9.74. The second-order valence-electron chi connectivity index (χ2n) is 7.27. The van der Waals surface area contributed by atoms with Crippen LogP contribution in [0.3, 0.4) is 0 Å². The number of ether oxygens (including phenoxy) is 2. The number of methoxy groups -OCH3 is 1. The lowest BCUT2D eigenvalue weighted by atomic mass is 9.92. The van der Waals surface area contributed by atoms with Gasteiger partial charge in [-0.05, 0) is 37.3 Å². The molecule has 3 aromatic rings. The van der Waals surface area contributed by atoms with E-state index in [1.807, 2.05) is 42.5 Å². The van der Waals surface area contributed by atoms with Crippen LogP contribution < -0.4 is 20.5 Å². The van der Waals surface area contributed by atoms with Gasteiger partial charge in [-0.25, -0.2) is 9.97 Å². The summed E-state index contributed by atoms with van der Waals surface area (Å²) < 4.78 is 11.6. The number of rotatable bonds is 6. The molecule has 1 fully saturated rings. The van der Waals surface area contributed by atoms with E-state index in [2.05, 4.69) is 15.3 Å². The lowest BCUT2D eigenvalue weighted by Gasteiger charge is -2.27. The average Bonchev–Trinajstić information content (AvgIpc) is 2.74.